The molecule has 0 saturated carbocycles. The van der Waals surface area contributed by atoms with Crippen LogP contribution in [0.2, 0.25) is 0 Å². The van der Waals surface area contributed by atoms with Gasteiger partial charge in [0.15, 0.2) is 6.10 Å². The number of anilines is 2. The first-order valence-corrected chi connectivity index (χ1v) is 11.0. The van der Waals surface area contributed by atoms with Gasteiger partial charge in [-0.2, -0.15) is 0 Å². The molecule has 1 saturated heterocycles. The molecular weight excluding hydrogens is 426 g/mol. The number of fused-ring (bicyclic) bond motifs is 1. The number of benzene rings is 2. The minimum absolute atomic E-state index is 0.0235. The van der Waals surface area contributed by atoms with E-state index < -0.39 is 17.0 Å². The Hall–Kier alpha value is -3.75. The molecule has 2 heterocycles. The minimum atomic E-state index is -1.07. The number of nitro benzene ring substituents is 1. The second kappa shape index (κ2) is 9.01. The quantitative estimate of drug-likeness (QED) is 0.286. The summed E-state index contributed by atoms with van der Waals surface area (Å²) in [6.07, 6.45) is 1.52. The third-order valence-corrected chi connectivity index (χ3v) is 6.15. The maximum absolute atomic E-state index is 12.9. The minimum Gasteiger partial charge on any atom is -0.451 e. The number of nitro groups is 1. The number of esters is 1. The Morgan fingerprint density at radius 3 is 2.33 bits per heavy atom. The van der Waals surface area contributed by atoms with E-state index in [1.807, 2.05) is 4.90 Å². The summed E-state index contributed by atoms with van der Waals surface area (Å²) in [6, 6.07) is 9.33. The second-order valence-corrected chi connectivity index (χ2v) is 8.33. The lowest BCUT2D eigenvalue weighted by atomic mass is 10.0. The molecule has 9 nitrogen and oxygen atoms in total. The Balaban J connectivity index is 1.48. The molecule has 0 radical (unpaired) electrons. The van der Waals surface area contributed by atoms with Crippen molar-refractivity contribution in [1.82, 2.24) is 0 Å². The summed E-state index contributed by atoms with van der Waals surface area (Å²) in [5, 5.41) is 11.6. The van der Waals surface area contributed by atoms with Gasteiger partial charge in [0.05, 0.1) is 10.5 Å². The molecule has 9 heteroatoms. The van der Waals surface area contributed by atoms with Crippen molar-refractivity contribution >= 4 is 34.7 Å². The van der Waals surface area contributed by atoms with Gasteiger partial charge in [0.25, 0.3) is 5.69 Å². The van der Waals surface area contributed by atoms with Gasteiger partial charge in [-0.15, -0.1) is 0 Å². The summed E-state index contributed by atoms with van der Waals surface area (Å²) in [5.41, 5.74) is 2.41. The fourth-order valence-corrected chi connectivity index (χ4v) is 4.42. The van der Waals surface area contributed by atoms with Crippen molar-refractivity contribution in [3.05, 3.63) is 63.2 Å². The van der Waals surface area contributed by atoms with Crippen molar-refractivity contribution in [2.24, 2.45) is 0 Å². The number of carbonyl (C=O) groups excluding carboxylic acids is 3. The van der Waals surface area contributed by atoms with Crippen LogP contribution in [0.4, 0.5) is 17.1 Å². The maximum atomic E-state index is 12.9. The van der Waals surface area contributed by atoms with E-state index in [1.165, 1.54) is 26.0 Å². The van der Waals surface area contributed by atoms with Crippen LogP contribution < -0.4 is 9.80 Å². The van der Waals surface area contributed by atoms with E-state index in [0.717, 1.165) is 37.2 Å². The van der Waals surface area contributed by atoms with Gasteiger partial charge in [0.1, 0.15) is 5.69 Å². The highest BCUT2D eigenvalue weighted by Gasteiger charge is 2.28. The molecule has 33 heavy (non-hydrogen) atoms. The number of hydrogen-bond donors (Lipinski definition) is 0. The zero-order chi connectivity index (χ0) is 23.7. The average molecular weight is 451 g/mol. The fraction of sp³-hybridized carbons (Fsp3) is 0.375. The topological polar surface area (TPSA) is 110 Å². The van der Waals surface area contributed by atoms with Crippen molar-refractivity contribution in [2.75, 3.05) is 29.4 Å². The van der Waals surface area contributed by atoms with Gasteiger partial charge < -0.3 is 14.5 Å². The number of nitrogens with zero attached hydrogens (tertiary/aromatic N) is 3. The second-order valence-electron chi connectivity index (χ2n) is 8.33. The highest BCUT2D eigenvalue weighted by atomic mass is 16.6. The molecule has 1 amide bonds. The number of amides is 1. The molecule has 0 N–H and O–H groups in total. The summed E-state index contributed by atoms with van der Waals surface area (Å²) in [6.45, 7) is 5.02. The molecule has 2 aromatic carbocycles. The van der Waals surface area contributed by atoms with E-state index in [-0.39, 0.29) is 22.9 Å². The highest BCUT2D eigenvalue weighted by molar-refractivity contribution is 6.03. The third kappa shape index (κ3) is 4.44. The number of ether oxygens (including phenoxy) is 1. The molecule has 0 bridgehead atoms. The molecule has 1 atom stereocenters. The van der Waals surface area contributed by atoms with E-state index in [4.69, 9.17) is 4.74 Å². The standard InChI is InChI=1S/C24H25N3O6/c1-15(23(29)18-5-7-20-17(13-18)9-12-26(20)16(2)28)33-24(30)19-6-8-21(22(14-19)27(31)32)25-10-3-4-11-25/h5-8,13-15H,3-4,9-12H2,1-2H3/t15-/m0/s1. The van der Waals surface area contributed by atoms with E-state index in [9.17, 15) is 24.5 Å². The van der Waals surface area contributed by atoms with Crippen molar-refractivity contribution in [3.63, 3.8) is 0 Å². The number of ketones is 1. The van der Waals surface area contributed by atoms with Gasteiger partial charge in [-0.1, -0.05) is 0 Å². The Morgan fingerprint density at radius 1 is 1.00 bits per heavy atom. The lowest BCUT2D eigenvalue weighted by Crippen LogP contribution is -2.26. The van der Waals surface area contributed by atoms with Crippen LogP contribution in [0, 0.1) is 10.1 Å². The Labute approximate surface area is 191 Å². The van der Waals surface area contributed by atoms with Crippen LogP contribution in [0.3, 0.4) is 0 Å². The number of rotatable bonds is 6. The van der Waals surface area contributed by atoms with E-state index in [1.54, 1.807) is 29.2 Å². The summed E-state index contributed by atoms with van der Waals surface area (Å²) in [5.74, 6) is -1.23. The Morgan fingerprint density at radius 2 is 1.67 bits per heavy atom. The summed E-state index contributed by atoms with van der Waals surface area (Å²) < 4.78 is 5.34. The monoisotopic (exact) mass is 451 g/mol. The summed E-state index contributed by atoms with van der Waals surface area (Å²) in [7, 11) is 0. The van der Waals surface area contributed by atoms with Crippen LogP contribution in [-0.2, 0) is 16.0 Å². The first kappa shape index (κ1) is 22.4. The molecular formula is C24H25N3O6. The van der Waals surface area contributed by atoms with Crippen LogP contribution in [0.15, 0.2) is 36.4 Å². The predicted molar refractivity (Wildman–Crippen MR) is 122 cm³/mol. The first-order valence-electron chi connectivity index (χ1n) is 11.0. The molecule has 0 spiro atoms. The zero-order valence-electron chi connectivity index (χ0n) is 18.6. The van der Waals surface area contributed by atoms with E-state index in [2.05, 4.69) is 0 Å². The zero-order valence-corrected chi connectivity index (χ0v) is 18.6. The molecule has 2 aliphatic rings. The van der Waals surface area contributed by atoms with Gasteiger partial charge >= 0.3 is 5.97 Å². The van der Waals surface area contributed by atoms with Gasteiger partial charge in [-0.25, -0.2) is 4.79 Å². The van der Waals surface area contributed by atoms with E-state index in [0.29, 0.717) is 24.2 Å². The SMILES string of the molecule is CC(=O)N1CCc2cc(C(=O)[C@H](C)OC(=O)c3ccc(N4CCCC4)c([N+](=O)[O-])c3)ccc21. The summed E-state index contributed by atoms with van der Waals surface area (Å²) in [4.78, 5) is 51.9. The smallest absolute Gasteiger partial charge is 0.339 e. The molecule has 172 valence electrons. The molecule has 0 aromatic heterocycles. The molecule has 0 unspecified atom stereocenters. The van der Waals surface area contributed by atoms with Gasteiger partial charge in [-0.05, 0) is 62.1 Å². The lowest BCUT2D eigenvalue weighted by molar-refractivity contribution is -0.384. The van der Waals surface area contributed by atoms with Gasteiger partial charge in [0, 0.05) is 43.9 Å². The van der Waals surface area contributed by atoms with Gasteiger partial charge in [0.2, 0.25) is 11.7 Å². The highest BCUT2D eigenvalue weighted by Crippen LogP contribution is 2.32. The van der Waals surface area contributed by atoms with Crippen molar-refractivity contribution in [3.8, 4) is 0 Å². The molecule has 1 fully saturated rings. The summed E-state index contributed by atoms with van der Waals surface area (Å²) >= 11 is 0. The maximum Gasteiger partial charge on any atom is 0.339 e. The largest absolute Gasteiger partial charge is 0.451 e. The normalized spacial score (nSPS) is 15.8. The van der Waals surface area contributed by atoms with Crippen LogP contribution in [0.25, 0.3) is 0 Å². The number of carbonyl (C=O) groups is 3. The fourth-order valence-electron chi connectivity index (χ4n) is 4.42. The predicted octanol–water partition coefficient (Wildman–Crippen LogP) is 3.53. The Kier molecular flexibility index (Phi) is 6.13. The van der Waals surface area contributed by atoms with Crippen LogP contribution in [0.5, 0.6) is 0 Å². The van der Waals surface area contributed by atoms with Crippen LogP contribution in [-0.4, -0.2) is 48.3 Å². The van der Waals surface area contributed by atoms with Crippen LogP contribution >= 0.6 is 0 Å². The molecule has 0 aliphatic carbocycles. The molecule has 2 aliphatic heterocycles. The Bertz CT molecular complexity index is 1140. The van der Waals surface area contributed by atoms with Crippen molar-refractivity contribution < 1.29 is 24.0 Å². The number of Topliss-reactive ketones (excluding diaryl/α,β-unsaturated/α-hetero) is 1. The molecule has 2 aromatic rings. The first-order chi connectivity index (χ1) is 15.8. The van der Waals surface area contributed by atoms with E-state index >= 15 is 0 Å². The van der Waals surface area contributed by atoms with Gasteiger partial charge in [-0.3, -0.25) is 19.7 Å². The number of hydrogen-bond acceptors (Lipinski definition) is 7. The lowest BCUT2D eigenvalue weighted by Gasteiger charge is -2.18. The van der Waals surface area contributed by atoms with Crippen molar-refractivity contribution in [2.45, 2.75) is 39.2 Å². The third-order valence-electron chi connectivity index (χ3n) is 6.15. The average Bonchev–Trinajstić information content (AvgIpc) is 3.47. The molecule has 4 rings (SSSR count). The van der Waals surface area contributed by atoms with Crippen molar-refractivity contribution in [1.29, 1.82) is 0 Å². The van der Waals surface area contributed by atoms with Crippen LogP contribution in [0.1, 0.15) is 53.0 Å².